The molecule has 0 aromatic carbocycles. The summed E-state index contributed by atoms with van der Waals surface area (Å²) < 4.78 is 31.5. The molecule has 0 aliphatic carbocycles. The van der Waals surface area contributed by atoms with Gasteiger partial charge in [-0.2, -0.15) is 4.72 Å². The van der Waals surface area contributed by atoms with Crippen molar-refractivity contribution in [3.63, 3.8) is 0 Å². The lowest BCUT2D eigenvalue weighted by Crippen LogP contribution is -2.53. The topological polar surface area (TPSA) is 85.4 Å². The molecule has 21 heavy (non-hydrogen) atoms. The number of sulfonamides is 1. The van der Waals surface area contributed by atoms with Gasteiger partial charge in [0.25, 0.3) is 0 Å². The lowest BCUT2D eigenvalue weighted by Gasteiger charge is -2.27. The second-order valence-electron chi connectivity index (χ2n) is 5.07. The number of nitrogens with one attached hydrogen (secondary N) is 1. The molecule has 1 N–H and O–H groups in total. The second-order valence-corrected chi connectivity index (χ2v) is 6.91. The molecule has 6 nitrogen and oxygen atoms in total. The standard InChI is InChI=1S/C14H22N2O4S/c1-4-9-14(2,13(17)20-3)16-21(18,19)11-8-12-7-5-6-10-15-12/h5-7,10,16H,4,8-9,11H2,1-3H3. The smallest absolute Gasteiger partial charge is 0.326 e. The van der Waals surface area contributed by atoms with Crippen LogP contribution in [-0.4, -0.2) is 37.8 Å². The highest BCUT2D eigenvalue weighted by molar-refractivity contribution is 7.89. The number of hydrogen-bond acceptors (Lipinski definition) is 5. The highest BCUT2D eigenvalue weighted by atomic mass is 32.2. The molecule has 0 radical (unpaired) electrons. The predicted molar refractivity (Wildman–Crippen MR) is 80.2 cm³/mol. The van der Waals surface area contributed by atoms with Crippen molar-refractivity contribution >= 4 is 16.0 Å². The molecule has 118 valence electrons. The Labute approximate surface area is 126 Å². The van der Waals surface area contributed by atoms with Gasteiger partial charge in [-0.15, -0.1) is 0 Å². The van der Waals surface area contributed by atoms with Gasteiger partial charge in [-0.1, -0.05) is 19.4 Å². The fourth-order valence-corrected chi connectivity index (χ4v) is 3.55. The van der Waals surface area contributed by atoms with Crippen molar-refractivity contribution in [3.05, 3.63) is 30.1 Å². The number of ether oxygens (including phenoxy) is 1. The van der Waals surface area contributed by atoms with E-state index in [-0.39, 0.29) is 5.75 Å². The van der Waals surface area contributed by atoms with Crippen molar-refractivity contribution in [2.45, 2.75) is 38.6 Å². The Morgan fingerprint density at radius 3 is 2.67 bits per heavy atom. The fourth-order valence-electron chi connectivity index (χ4n) is 2.10. The molecule has 7 heteroatoms. The van der Waals surface area contributed by atoms with Crippen molar-refractivity contribution < 1.29 is 17.9 Å². The number of hydrogen-bond donors (Lipinski definition) is 1. The summed E-state index contributed by atoms with van der Waals surface area (Å²) in [6.45, 7) is 3.42. The third-order valence-electron chi connectivity index (χ3n) is 3.12. The van der Waals surface area contributed by atoms with Gasteiger partial charge in [-0.05, 0) is 25.5 Å². The number of methoxy groups -OCH3 is 1. The van der Waals surface area contributed by atoms with E-state index in [1.807, 2.05) is 6.92 Å². The SMILES string of the molecule is CCCC(C)(NS(=O)(=O)CCc1ccccn1)C(=O)OC. The van der Waals surface area contributed by atoms with Gasteiger partial charge in [0.05, 0.1) is 12.9 Å². The Bertz CT molecular complexity index is 560. The second kappa shape index (κ2) is 7.51. The average Bonchev–Trinajstić information content (AvgIpc) is 2.45. The zero-order valence-electron chi connectivity index (χ0n) is 12.6. The van der Waals surface area contributed by atoms with Crippen molar-refractivity contribution in [3.8, 4) is 0 Å². The van der Waals surface area contributed by atoms with E-state index in [1.165, 1.54) is 7.11 Å². The molecule has 0 aliphatic heterocycles. The molecule has 0 aliphatic rings. The summed E-state index contributed by atoms with van der Waals surface area (Å²) in [6.07, 6.45) is 2.95. The van der Waals surface area contributed by atoms with Crippen LogP contribution in [0.3, 0.4) is 0 Å². The van der Waals surface area contributed by atoms with E-state index in [9.17, 15) is 13.2 Å². The van der Waals surface area contributed by atoms with Crippen LogP contribution in [0.25, 0.3) is 0 Å². The molecule has 1 rings (SSSR count). The number of carbonyl (C=O) groups excluding carboxylic acids is 1. The van der Waals surface area contributed by atoms with Crippen LogP contribution in [0.5, 0.6) is 0 Å². The molecular formula is C14H22N2O4S. The number of aromatic nitrogens is 1. The minimum Gasteiger partial charge on any atom is -0.468 e. The van der Waals surface area contributed by atoms with E-state index in [0.29, 0.717) is 25.0 Å². The molecule has 1 heterocycles. The van der Waals surface area contributed by atoms with Gasteiger partial charge in [0.2, 0.25) is 10.0 Å². The Morgan fingerprint density at radius 1 is 1.43 bits per heavy atom. The number of rotatable bonds is 8. The first-order valence-corrected chi connectivity index (χ1v) is 8.48. The molecule has 0 saturated heterocycles. The summed E-state index contributed by atoms with van der Waals surface area (Å²) in [6, 6.07) is 5.34. The number of aryl methyl sites for hydroxylation is 1. The van der Waals surface area contributed by atoms with Crippen LogP contribution in [-0.2, 0) is 26.0 Å². The van der Waals surface area contributed by atoms with Gasteiger partial charge >= 0.3 is 5.97 Å². The van der Waals surface area contributed by atoms with Crippen molar-refractivity contribution in [1.82, 2.24) is 9.71 Å². The van der Waals surface area contributed by atoms with Crippen LogP contribution in [0.1, 0.15) is 32.4 Å². The highest BCUT2D eigenvalue weighted by Crippen LogP contribution is 2.16. The monoisotopic (exact) mass is 314 g/mol. The van der Waals surface area contributed by atoms with Crippen LogP contribution in [0.4, 0.5) is 0 Å². The highest BCUT2D eigenvalue weighted by Gasteiger charge is 2.37. The average molecular weight is 314 g/mol. The van der Waals surface area contributed by atoms with E-state index in [1.54, 1.807) is 31.3 Å². The van der Waals surface area contributed by atoms with E-state index in [2.05, 4.69) is 9.71 Å². The minimum absolute atomic E-state index is 0.125. The fraction of sp³-hybridized carbons (Fsp3) is 0.571. The van der Waals surface area contributed by atoms with Crippen LogP contribution < -0.4 is 4.72 Å². The molecule has 0 saturated carbocycles. The van der Waals surface area contributed by atoms with Gasteiger partial charge in [-0.3, -0.25) is 9.78 Å². The lowest BCUT2D eigenvalue weighted by molar-refractivity contribution is -0.147. The molecule has 0 spiro atoms. The Morgan fingerprint density at radius 2 is 2.14 bits per heavy atom. The Balaban J connectivity index is 2.75. The van der Waals surface area contributed by atoms with Crippen LogP contribution in [0.2, 0.25) is 0 Å². The van der Waals surface area contributed by atoms with Gasteiger partial charge in [0.15, 0.2) is 0 Å². The number of nitrogens with zero attached hydrogens (tertiary/aromatic N) is 1. The van der Waals surface area contributed by atoms with E-state index < -0.39 is 21.5 Å². The molecule has 0 bridgehead atoms. The van der Waals surface area contributed by atoms with Crippen molar-refractivity contribution in [1.29, 1.82) is 0 Å². The first-order valence-electron chi connectivity index (χ1n) is 6.83. The maximum absolute atomic E-state index is 12.2. The van der Waals surface area contributed by atoms with Crippen molar-refractivity contribution in [2.24, 2.45) is 0 Å². The zero-order chi connectivity index (χ0) is 15.9. The van der Waals surface area contributed by atoms with Gasteiger partial charge in [0.1, 0.15) is 5.54 Å². The zero-order valence-corrected chi connectivity index (χ0v) is 13.4. The molecule has 0 amide bonds. The summed E-state index contributed by atoms with van der Waals surface area (Å²) in [7, 11) is -2.36. The van der Waals surface area contributed by atoms with E-state index >= 15 is 0 Å². The van der Waals surface area contributed by atoms with E-state index in [4.69, 9.17) is 4.74 Å². The molecule has 1 aromatic rings. The molecule has 1 unspecified atom stereocenters. The van der Waals surface area contributed by atoms with Gasteiger partial charge in [-0.25, -0.2) is 8.42 Å². The third kappa shape index (κ3) is 5.43. The first-order chi connectivity index (χ1) is 9.83. The minimum atomic E-state index is -3.61. The van der Waals surface area contributed by atoms with E-state index in [0.717, 1.165) is 0 Å². The van der Waals surface area contributed by atoms with Gasteiger partial charge < -0.3 is 4.74 Å². The van der Waals surface area contributed by atoms with Crippen LogP contribution >= 0.6 is 0 Å². The van der Waals surface area contributed by atoms with Gasteiger partial charge in [0, 0.05) is 18.3 Å². The maximum atomic E-state index is 12.2. The normalized spacial score (nSPS) is 14.4. The molecule has 1 atom stereocenters. The van der Waals surface area contributed by atoms with Crippen molar-refractivity contribution in [2.75, 3.05) is 12.9 Å². The number of pyridine rings is 1. The number of esters is 1. The summed E-state index contributed by atoms with van der Waals surface area (Å²) in [4.78, 5) is 15.9. The Kier molecular flexibility index (Phi) is 6.29. The first kappa shape index (κ1) is 17.6. The number of carbonyl (C=O) groups is 1. The summed E-state index contributed by atoms with van der Waals surface area (Å²) >= 11 is 0. The Hall–Kier alpha value is -1.47. The predicted octanol–water partition coefficient (Wildman–Crippen LogP) is 1.28. The van der Waals surface area contributed by atoms with Crippen LogP contribution in [0, 0.1) is 0 Å². The molecule has 0 fully saturated rings. The lowest BCUT2D eigenvalue weighted by atomic mass is 9.98. The summed E-state index contributed by atoms with van der Waals surface area (Å²) in [5, 5.41) is 0. The molecule has 1 aromatic heterocycles. The summed E-state index contributed by atoms with van der Waals surface area (Å²) in [5.74, 6) is -0.703. The quantitative estimate of drug-likeness (QED) is 0.731. The molecular weight excluding hydrogens is 292 g/mol. The third-order valence-corrected chi connectivity index (χ3v) is 4.62. The maximum Gasteiger partial charge on any atom is 0.326 e. The van der Waals surface area contributed by atoms with Crippen LogP contribution in [0.15, 0.2) is 24.4 Å². The summed E-state index contributed by atoms with van der Waals surface area (Å²) in [5.41, 5.74) is -0.537. The largest absolute Gasteiger partial charge is 0.468 e.